The van der Waals surface area contributed by atoms with Crippen molar-refractivity contribution in [3.8, 4) is 0 Å². The SMILES string of the molecule is CCCCCCCCCC/C=C\CCCCCCCCCCCCCCCCCCCCCCCCCC(=O)NC(COC1OC(CO)C(O)C(O)C1O)C(O)CCCCCCCC. The van der Waals surface area contributed by atoms with Crippen LogP contribution in [0.25, 0.3) is 0 Å². The zero-order valence-corrected chi connectivity index (χ0v) is 42.1. The van der Waals surface area contributed by atoms with E-state index in [-0.39, 0.29) is 12.5 Å². The van der Waals surface area contributed by atoms with Crippen molar-refractivity contribution in [1.82, 2.24) is 5.32 Å². The van der Waals surface area contributed by atoms with Gasteiger partial charge in [-0.1, -0.05) is 244 Å². The Morgan fingerprint density at radius 1 is 0.516 bits per heavy atom. The predicted molar refractivity (Wildman–Crippen MR) is 267 cm³/mol. The molecule has 1 heterocycles. The summed E-state index contributed by atoms with van der Waals surface area (Å²) in [6.45, 7) is 3.78. The summed E-state index contributed by atoms with van der Waals surface area (Å²) >= 11 is 0. The van der Waals surface area contributed by atoms with Crippen LogP contribution in [0.15, 0.2) is 12.2 Å². The molecule has 0 radical (unpaired) electrons. The van der Waals surface area contributed by atoms with Crippen molar-refractivity contribution in [3.05, 3.63) is 12.2 Å². The highest BCUT2D eigenvalue weighted by molar-refractivity contribution is 5.76. The first-order valence-electron chi connectivity index (χ1n) is 27.9. The minimum Gasteiger partial charge on any atom is -0.394 e. The Balaban J connectivity index is 1.97. The number of carbonyl (C=O) groups is 1. The Morgan fingerprint density at radius 2 is 0.875 bits per heavy atom. The molecule has 0 aromatic heterocycles. The van der Waals surface area contributed by atoms with Gasteiger partial charge in [0.25, 0.3) is 0 Å². The van der Waals surface area contributed by atoms with Gasteiger partial charge in [-0.3, -0.25) is 4.79 Å². The lowest BCUT2D eigenvalue weighted by atomic mass is 9.99. The summed E-state index contributed by atoms with van der Waals surface area (Å²) in [5, 5.41) is 54.1. The predicted octanol–water partition coefficient (Wildman–Crippen LogP) is 13.2. The number of rotatable bonds is 48. The molecular formula is C55H107NO8. The summed E-state index contributed by atoms with van der Waals surface area (Å²) in [5.74, 6) is -0.144. The molecule has 0 aromatic carbocycles. The second-order valence-electron chi connectivity index (χ2n) is 19.7. The molecule has 1 fully saturated rings. The van der Waals surface area contributed by atoms with Gasteiger partial charge in [-0.15, -0.1) is 0 Å². The maximum absolute atomic E-state index is 12.9. The number of carbonyl (C=O) groups excluding carboxylic acids is 1. The third kappa shape index (κ3) is 35.1. The van der Waals surface area contributed by atoms with E-state index in [9.17, 15) is 30.3 Å². The van der Waals surface area contributed by atoms with Crippen LogP contribution in [0.2, 0.25) is 0 Å². The summed E-state index contributed by atoms with van der Waals surface area (Å²) in [5.41, 5.74) is 0. The number of aliphatic hydroxyl groups is 5. The van der Waals surface area contributed by atoms with E-state index in [1.165, 1.54) is 212 Å². The van der Waals surface area contributed by atoms with E-state index in [1.807, 2.05) is 0 Å². The second-order valence-corrected chi connectivity index (χ2v) is 19.7. The number of aliphatic hydroxyl groups excluding tert-OH is 5. The Hall–Kier alpha value is -1.07. The van der Waals surface area contributed by atoms with Crippen LogP contribution in [0, 0.1) is 0 Å². The highest BCUT2D eigenvalue weighted by Crippen LogP contribution is 2.23. The molecule has 0 aromatic rings. The van der Waals surface area contributed by atoms with Gasteiger partial charge < -0.3 is 40.3 Å². The Morgan fingerprint density at radius 3 is 1.27 bits per heavy atom. The van der Waals surface area contributed by atoms with Crippen LogP contribution in [0.5, 0.6) is 0 Å². The number of nitrogens with one attached hydrogen (secondary N) is 1. The summed E-state index contributed by atoms with van der Waals surface area (Å²) in [6, 6.07) is -0.711. The lowest BCUT2D eigenvalue weighted by molar-refractivity contribution is -0.302. The minimum atomic E-state index is -1.55. The Kier molecular flexibility index (Phi) is 43.5. The minimum absolute atomic E-state index is 0.135. The summed E-state index contributed by atoms with van der Waals surface area (Å²) in [6.07, 6.45) is 48.9. The maximum Gasteiger partial charge on any atom is 0.220 e. The summed E-state index contributed by atoms with van der Waals surface area (Å²) in [4.78, 5) is 12.9. The zero-order valence-electron chi connectivity index (χ0n) is 42.1. The average Bonchev–Trinajstić information content (AvgIpc) is 3.29. The fourth-order valence-electron chi connectivity index (χ4n) is 9.16. The highest BCUT2D eigenvalue weighted by Gasteiger charge is 2.44. The first-order valence-corrected chi connectivity index (χ1v) is 27.9. The van der Waals surface area contributed by atoms with Crippen molar-refractivity contribution in [2.45, 2.75) is 320 Å². The number of allylic oxidation sites excluding steroid dienone is 2. The fraction of sp³-hybridized carbons (Fsp3) is 0.945. The van der Waals surface area contributed by atoms with E-state index in [4.69, 9.17) is 9.47 Å². The second kappa shape index (κ2) is 45.7. The number of ether oxygens (including phenoxy) is 2. The van der Waals surface area contributed by atoms with E-state index in [1.54, 1.807) is 0 Å². The summed E-state index contributed by atoms with van der Waals surface area (Å²) < 4.78 is 11.2. The first-order chi connectivity index (χ1) is 31.3. The molecule has 1 amide bonds. The molecule has 9 nitrogen and oxygen atoms in total. The van der Waals surface area contributed by atoms with Gasteiger partial charge >= 0.3 is 0 Å². The molecule has 7 atom stereocenters. The van der Waals surface area contributed by atoms with Crippen LogP contribution < -0.4 is 5.32 Å². The van der Waals surface area contributed by atoms with Crippen LogP contribution in [-0.2, 0) is 14.3 Å². The molecule has 0 bridgehead atoms. The van der Waals surface area contributed by atoms with Gasteiger partial charge in [0, 0.05) is 6.42 Å². The molecule has 0 saturated carbocycles. The third-order valence-electron chi connectivity index (χ3n) is 13.6. The molecule has 9 heteroatoms. The Bertz CT molecular complexity index is 1010. The van der Waals surface area contributed by atoms with Crippen LogP contribution in [-0.4, -0.2) is 87.5 Å². The lowest BCUT2D eigenvalue weighted by Gasteiger charge is -2.40. The van der Waals surface area contributed by atoms with E-state index in [2.05, 4.69) is 31.3 Å². The average molecular weight is 910 g/mol. The van der Waals surface area contributed by atoms with Crippen LogP contribution in [0.1, 0.15) is 277 Å². The molecule has 0 aliphatic carbocycles. The fourth-order valence-corrected chi connectivity index (χ4v) is 9.16. The van der Waals surface area contributed by atoms with Crippen molar-refractivity contribution in [3.63, 3.8) is 0 Å². The third-order valence-corrected chi connectivity index (χ3v) is 13.6. The molecular weight excluding hydrogens is 803 g/mol. The summed E-state index contributed by atoms with van der Waals surface area (Å²) in [7, 11) is 0. The monoisotopic (exact) mass is 910 g/mol. The van der Waals surface area contributed by atoms with Gasteiger partial charge in [-0.25, -0.2) is 0 Å². The smallest absolute Gasteiger partial charge is 0.220 e. The maximum atomic E-state index is 12.9. The van der Waals surface area contributed by atoms with E-state index >= 15 is 0 Å². The zero-order chi connectivity index (χ0) is 46.6. The standard InChI is InChI=1S/C55H107NO8/c1-3-5-7-9-11-12-13-14-15-16-17-18-19-20-21-22-23-24-25-26-27-28-29-30-31-32-33-34-35-36-37-38-39-41-43-45-51(59)56-48(49(58)44-42-40-10-8-6-4-2)47-63-55-54(62)53(61)52(60)50(46-57)64-55/h16-17,48-50,52-55,57-58,60-62H,3-15,18-47H2,1-2H3,(H,56,59)/b17-16-. The van der Waals surface area contributed by atoms with Gasteiger partial charge in [0.05, 0.1) is 25.4 Å². The van der Waals surface area contributed by atoms with E-state index in [0.29, 0.717) is 12.8 Å². The molecule has 1 saturated heterocycles. The number of hydrogen-bond acceptors (Lipinski definition) is 8. The normalized spacial score (nSPS) is 20.0. The molecule has 1 rings (SSSR count). The van der Waals surface area contributed by atoms with Crippen molar-refractivity contribution in [1.29, 1.82) is 0 Å². The Labute approximate surface area is 395 Å². The molecule has 6 N–H and O–H groups in total. The molecule has 7 unspecified atom stereocenters. The molecule has 380 valence electrons. The molecule has 64 heavy (non-hydrogen) atoms. The topological polar surface area (TPSA) is 149 Å². The quantitative estimate of drug-likeness (QED) is 0.0261. The molecule has 1 aliphatic rings. The van der Waals surface area contributed by atoms with Crippen LogP contribution >= 0.6 is 0 Å². The van der Waals surface area contributed by atoms with Crippen LogP contribution in [0.4, 0.5) is 0 Å². The number of unbranched alkanes of at least 4 members (excludes halogenated alkanes) is 36. The van der Waals surface area contributed by atoms with Gasteiger partial charge in [0.15, 0.2) is 6.29 Å². The lowest BCUT2D eigenvalue weighted by Crippen LogP contribution is -2.60. The van der Waals surface area contributed by atoms with Gasteiger partial charge in [0.1, 0.15) is 24.4 Å². The molecule has 1 aliphatic heterocycles. The largest absolute Gasteiger partial charge is 0.394 e. The van der Waals surface area contributed by atoms with Gasteiger partial charge in [0.2, 0.25) is 5.91 Å². The van der Waals surface area contributed by atoms with Crippen LogP contribution in [0.3, 0.4) is 0 Å². The first kappa shape index (κ1) is 60.9. The van der Waals surface area contributed by atoms with Crippen molar-refractivity contribution in [2.24, 2.45) is 0 Å². The number of hydrogen-bond donors (Lipinski definition) is 6. The van der Waals surface area contributed by atoms with Gasteiger partial charge in [-0.05, 0) is 38.5 Å². The van der Waals surface area contributed by atoms with Crippen molar-refractivity contribution in [2.75, 3.05) is 13.2 Å². The van der Waals surface area contributed by atoms with Crippen molar-refractivity contribution < 1.29 is 39.8 Å². The van der Waals surface area contributed by atoms with E-state index in [0.717, 1.165) is 38.5 Å². The van der Waals surface area contributed by atoms with Crippen molar-refractivity contribution >= 4 is 5.91 Å². The van der Waals surface area contributed by atoms with E-state index < -0.39 is 49.5 Å². The highest BCUT2D eigenvalue weighted by atomic mass is 16.7. The molecule has 0 spiro atoms. The number of amides is 1. The van der Waals surface area contributed by atoms with Gasteiger partial charge in [-0.2, -0.15) is 0 Å².